The number of hydrogen-bond acceptors (Lipinski definition) is 5. The molecule has 0 atom stereocenters. The molecule has 1 aliphatic heterocycles. The van der Waals surface area contributed by atoms with Gasteiger partial charge in [-0.1, -0.05) is 13.0 Å². The topological polar surface area (TPSA) is 67.2 Å². The second kappa shape index (κ2) is 8.14. The molecule has 0 bridgehead atoms. The fourth-order valence-electron chi connectivity index (χ4n) is 4.24. The number of aromatic nitrogens is 4. The molecule has 0 aromatic carbocycles. The molecule has 7 nitrogen and oxygen atoms in total. The largest absolute Gasteiger partial charge is 0.336 e. The predicted molar refractivity (Wildman–Crippen MR) is 115 cm³/mol. The Bertz CT molecular complexity index is 1030. The van der Waals surface area contributed by atoms with Crippen molar-refractivity contribution in [3.63, 3.8) is 0 Å². The molecule has 0 unspecified atom stereocenters. The highest BCUT2D eigenvalue weighted by atomic mass is 16.2. The summed E-state index contributed by atoms with van der Waals surface area (Å²) < 4.78 is 1.95. The fourth-order valence-corrected chi connectivity index (χ4v) is 4.24. The molecule has 1 saturated carbocycles. The van der Waals surface area contributed by atoms with Crippen LogP contribution in [0.2, 0.25) is 0 Å². The summed E-state index contributed by atoms with van der Waals surface area (Å²) in [5.41, 5.74) is 3.90. The molecule has 4 heterocycles. The molecule has 3 aromatic heterocycles. The van der Waals surface area contributed by atoms with Gasteiger partial charge in [0, 0.05) is 63.3 Å². The Morgan fingerprint density at radius 3 is 2.70 bits per heavy atom. The lowest BCUT2D eigenvalue weighted by Gasteiger charge is -2.34. The number of piperazine rings is 1. The summed E-state index contributed by atoms with van der Waals surface area (Å²) in [5, 5.41) is 5.41. The smallest absolute Gasteiger partial charge is 0.254 e. The molecule has 7 heteroatoms. The molecule has 2 aliphatic rings. The predicted octanol–water partition coefficient (Wildman–Crippen LogP) is 3.07. The number of nitrogens with zero attached hydrogens (tertiary/aromatic N) is 6. The van der Waals surface area contributed by atoms with E-state index in [1.807, 2.05) is 34.1 Å². The highest BCUT2D eigenvalue weighted by Crippen LogP contribution is 2.40. The molecule has 1 aliphatic carbocycles. The minimum absolute atomic E-state index is 0.112. The molecule has 0 N–H and O–H groups in total. The summed E-state index contributed by atoms with van der Waals surface area (Å²) in [6.07, 6.45) is 8.86. The van der Waals surface area contributed by atoms with Crippen molar-refractivity contribution in [1.82, 2.24) is 29.5 Å². The number of carbonyl (C=O) groups is 1. The summed E-state index contributed by atoms with van der Waals surface area (Å²) in [6, 6.07) is 6.11. The third-order valence-corrected chi connectivity index (χ3v) is 6.08. The van der Waals surface area contributed by atoms with E-state index in [4.69, 9.17) is 4.98 Å². The van der Waals surface area contributed by atoms with Crippen LogP contribution in [0.3, 0.4) is 0 Å². The van der Waals surface area contributed by atoms with Gasteiger partial charge < -0.3 is 4.90 Å². The fraction of sp³-hybridized carbons (Fsp3) is 0.478. The number of hydrogen-bond donors (Lipinski definition) is 0. The average molecular weight is 405 g/mol. The van der Waals surface area contributed by atoms with Gasteiger partial charge in [-0.25, -0.2) is 9.67 Å². The molecule has 1 amide bonds. The second-order valence-electron chi connectivity index (χ2n) is 8.40. The maximum atomic E-state index is 13.5. The van der Waals surface area contributed by atoms with Crippen LogP contribution in [0.25, 0.3) is 11.0 Å². The number of aryl methyl sites for hydroxylation is 1. The van der Waals surface area contributed by atoms with Crippen LogP contribution in [0.15, 0.2) is 36.8 Å². The highest BCUT2D eigenvalue weighted by Gasteiger charge is 2.30. The molecule has 5 rings (SSSR count). The average Bonchev–Trinajstić information content (AvgIpc) is 3.56. The number of fused-ring (bicyclic) bond motifs is 1. The van der Waals surface area contributed by atoms with Crippen molar-refractivity contribution in [3.8, 4) is 0 Å². The van der Waals surface area contributed by atoms with E-state index in [9.17, 15) is 4.79 Å². The minimum Gasteiger partial charge on any atom is -0.336 e. The van der Waals surface area contributed by atoms with E-state index < -0.39 is 0 Å². The van der Waals surface area contributed by atoms with Gasteiger partial charge in [0.2, 0.25) is 0 Å². The molecule has 3 aromatic rings. The number of carbonyl (C=O) groups excluding carboxylic acids is 1. The first-order valence-electron chi connectivity index (χ1n) is 11.0. The third-order valence-electron chi connectivity index (χ3n) is 6.08. The molecular formula is C23H28N6O. The SMILES string of the molecule is CCCn1ncc2c(C(=O)N3CCN(Cc4cccnc4)CC3)cc(C3CC3)nc21. The van der Waals surface area contributed by atoms with Crippen molar-refractivity contribution in [3.05, 3.63) is 53.6 Å². The molecule has 0 radical (unpaired) electrons. The van der Waals surface area contributed by atoms with E-state index >= 15 is 0 Å². The van der Waals surface area contributed by atoms with Crippen LogP contribution < -0.4 is 0 Å². The first-order valence-corrected chi connectivity index (χ1v) is 11.0. The van der Waals surface area contributed by atoms with E-state index in [2.05, 4.69) is 28.0 Å². The van der Waals surface area contributed by atoms with E-state index in [1.54, 1.807) is 6.20 Å². The van der Waals surface area contributed by atoms with Gasteiger partial charge in [0.1, 0.15) is 0 Å². The normalized spacial score (nSPS) is 17.6. The maximum absolute atomic E-state index is 13.5. The Hall–Kier alpha value is -2.80. The number of amides is 1. The lowest BCUT2D eigenvalue weighted by molar-refractivity contribution is 0.0630. The third kappa shape index (κ3) is 3.81. The van der Waals surface area contributed by atoms with E-state index in [0.717, 1.165) is 68.0 Å². The Balaban J connectivity index is 1.35. The van der Waals surface area contributed by atoms with Crippen LogP contribution in [0.1, 0.15) is 53.7 Å². The summed E-state index contributed by atoms with van der Waals surface area (Å²) in [7, 11) is 0. The summed E-state index contributed by atoms with van der Waals surface area (Å²) in [4.78, 5) is 26.9. The first-order chi connectivity index (χ1) is 14.7. The molecule has 30 heavy (non-hydrogen) atoms. The van der Waals surface area contributed by atoms with E-state index in [0.29, 0.717) is 5.92 Å². The van der Waals surface area contributed by atoms with Crippen molar-refractivity contribution in [1.29, 1.82) is 0 Å². The minimum atomic E-state index is 0.112. The van der Waals surface area contributed by atoms with Gasteiger partial charge >= 0.3 is 0 Å². The summed E-state index contributed by atoms with van der Waals surface area (Å²) in [5.74, 6) is 0.614. The van der Waals surface area contributed by atoms with E-state index in [1.165, 1.54) is 18.4 Å². The van der Waals surface area contributed by atoms with Crippen molar-refractivity contribution in [2.75, 3.05) is 26.2 Å². The lowest BCUT2D eigenvalue weighted by Crippen LogP contribution is -2.48. The Morgan fingerprint density at radius 1 is 1.17 bits per heavy atom. The van der Waals surface area contributed by atoms with Crippen LogP contribution in [-0.4, -0.2) is 61.6 Å². The van der Waals surface area contributed by atoms with Gasteiger partial charge in [-0.15, -0.1) is 0 Å². The van der Waals surface area contributed by atoms with Crippen LogP contribution in [0, 0.1) is 0 Å². The maximum Gasteiger partial charge on any atom is 0.254 e. The standard InChI is InChI=1S/C23H28N6O/c1-2-8-29-22-20(15-25-29)19(13-21(26-22)18-5-6-18)23(30)28-11-9-27(10-12-28)16-17-4-3-7-24-14-17/h3-4,7,13-15,18H,2,5-6,8-12,16H2,1H3. The molecule has 156 valence electrons. The van der Waals surface area contributed by atoms with Gasteiger partial charge in [0.05, 0.1) is 17.1 Å². The van der Waals surface area contributed by atoms with E-state index in [-0.39, 0.29) is 5.91 Å². The van der Waals surface area contributed by atoms with Crippen LogP contribution >= 0.6 is 0 Å². The van der Waals surface area contributed by atoms with Gasteiger partial charge in [-0.05, 0) is 37.0 Å². The quantitative estimate of drug-likeness (QED) is 0.632. The zero-order chi connectivity index (χ0) is 20.5. The van der Waals surface area contributed by atoms with Crippen molar-refractivity contribution in [2.45, 2.75) is 45.2 Å². The van der Waals surface area contributed by atoms with Gasteiger partial charge in [-0.3, -0.25) is 14.7 Å². The van der Waals surface area contributed by atoms with Crippen molar-refractivity contribution < 1.29 is 4.79 Å². The van der Waals surface area contributed by atoms with Gasteiger partial charge in [0.25, 0.3) is 5.91 Å². The van der Waals surface area contributed by atoms with Crippen LogP contribution in [0.4, 0.5) is 0 Å². The summed E-state index contributed by atoms with van der Waals surface area (Å²) in [6.45, 7) is 7.07. The lowest BCUT2D eigenvalue weighted by atomic mass is 10.1. The second-order valence-corrected chi connectivity index (χ2v) is 8.40. The van der Waals surface area contributed by atoms with Crippen LogP contribution in [-0.2, 0) is 13.1 Å². The number of pyridine rings is 2. The first kappa shape index (κ1) is 19.2. The Kier molecular flexibility index (Phi) is 5.21. The zero-order valence-electron chi connectivity index (χ0n) is 17.5. The van der Waals surface area contributed by atoms with Crippen molar-refractivity contribution in [2.24, 2.45) is 0 Å². The summed E-state index contributed by atoms with van der Waals surface area (Å²) >= 11 is 0. The Labute approximate surface area is 176 Å². The molecule has 1 saturated heterocycles. The molecular weight excluding hydrogens is 376 g/mol. The van der Waals surface area contributed by atoms with Crippen LogP contribution in [0.5, 0.6) is 0 Å². The number of rotatable bonds is 6. The van der Waals surface area contributed by atoms with Gasteiger partial charge in [-0.2, -0.15) is 5.10 Å². The molecule has 2 fully saturated rings. The Morgan fingerprint density at radius 2 is 2.00 bits per heavy atom. The van der Waals surface area contributed by atoms with Gasteiger partial charge in [0.15, 0.2) is 5.65 Å². The monoisotopic (exact) mass is 404 g/mol. The highest BCUT2D eigenvalue weighted by molar-refractivity contribution is 6.05. The molecule has 0 spiro atoms. The zero-order valence-corrected chi connectivity index (χ0v) is 17.5. The van der Waals surface area contributed by atoms with Crippen molar-refractivity contribution >= 4 is 16.9 Å².